The van der Waals surface area contributed by atoms with E-state index in [2.05, 4.69) is 4.57 Å². The summed E-state index contributed by atoms with van der Waals surface area (Å²) >= 11 is 0. The standard InChI is InChI=1S/C17H19N3O/c1-12-11-16(21)20-15-10-6-5-9-14(15)18-17(20)19(12)13-7-3-2-4-8-13/h5-6,9-11,13H,2-4,7-8H2,1H3. The summed E-state index contributed by atoms with van der Waals surface area (Å²) in [4.78, 5) is 17.2. The maximum atomic E-state index is 12.4. The van der Waals surface area contributed by atoms with Gasteiger partial charge in [-0.2, -0.15) is 0 Å². The predicted molar refractivity (Wildman–Crippen MR) is 83.8 cm³/mol. The minimum absolute atomic E-state index is 0.0169. The van der Waals surface area contributed by atoms with Gasteiger partial charge in [-0.05, 0) is 31.9 Å². The zero-order chi connectivity index (χ0) is 14.4. The Morgan fingerprint density at radius 3 is 2.71 bits per heavy atom. The molecule has 1 aliphatic rings. The van der Waals surface area contributed by atoms with Crippen molar-refractivity contribution >= 4 is 16.8 Å². The highest BCUT2D eigenvalue weighted by Gasteiger charge is 2.20. The van der Waals surface area contributed by atoms with Gasteiger partial charge in [-0.1, -0.05) is 31.4 Å². The Kier molecular flexibility index (Phi) is 2.84. The molecule has 4 rings (SSSR count). The van der Waals surface area contributed by atoms with E-state index in [1.807, 2.05) is 31.2 Å². The fourth-order valence-electron chi connectivity index (χ4n) is 3.65. The molecule has 0 atom stereocenters. The van der Waals surface area contributed by atoms with E-state index in [9.17, 15) is 4.79 Å². The number of hydrogen-bond acceptors (Lipinski definition) is 2. The van der Waals surface area contributed by atoms with Gasteiger partial charge in [0.1, 0.15) is 0 Å². The molecule has 0 radical (unpaired) electrons. The molecule has 108 valence electrons. The van der Waals surface area contributed by atoms with E-state index in [0.717, 1.165) is 22.5 Å². The van der Waals surface area contributed by atoms with E-state index in [-0.39, 0.29) is 5.56 Å². The van der Waals surface area contributed by atoms with Crippen molar-refractivity contribution in [1.82, 2.24) is 14.0 Å². The molecule has 0 saturated heterocycles. The quantitative estimate of drug-likeness (QED) is 0.685. The van der Waals surface area contributed by atoms with Crippen LogP contribution in [0.3, 0.4) is 0 Å². The van der Waals surface area contributed by atoms with Crippen LogP contribution in [0, 0.1) is 6.92 Å². The maximum absolute atomic E-state index is 12.4. The molecule has 2 aromatic heterocycles. The van der Waals surface area contributed by atoms with Crippen molar-refractivity contribution in [3.8, 4) is 0 Å². The highest BCUT2D eigenvalue weighted by Crippen LogP contribution is 2.30. The van der Waals surface area contributed by atoms with E-state index < -0.39 is 0 Å². The number of hydrogen-bond donors (Lipinski definition) is 0. The average molecular weight is 281 g/mol. The smallest absolute Gasteiger partial charge is 0.259 e. The van der Waals surface area contributed by atoms with Crippen LogP contribution in [0.4, 0.5) is 0 Å². The number of imidazole rings is 1. The Hall–Kier alpha value is -2.10. The van der Waals surface area contributed by atoms with Crippen molar-refractivity contribution in [2.75, 3.05) is 0 Å². The zero-order valence-electron chi connectivity index (χ0n) is 12.2. The number of aryl methyl sites for hydroxylation is 1. The van der Waals surface area contributed by atoms with Crippen LogP contribution in [-0.4, -0.2) is 14.0 Å². The van der Waals surface area contributed by atoms with Crippen molar-refractivity contribution in [2.24, 2.45) is 0 Å². The molecule has 21 heavy (non-hydrogen) atoms. The predicted octanol–water partition coefficient (Wildman–Crippen LogP) is 3.46. The molecular formula is C17H19N3O. The van der Waals surface area contributed by atoms with Crippen LogP contribution >= 0.6 is 0 Å². The third kappa shape index (κ3) is 1.89. The third-order valence-corrected chi connectivity index (χ3v) is 4.63. The summed E-state index contributed by atoms with van der Waals surface area (Å²) in [5.41, 5.74) is 2.84. The largest absolute Gasteiger partial charge is 0.312 e. The van der Waals surface area contributed by atoms with Gasteiger partial charge in [0.2, 0.25) is 5.78 Å². The van der Waals surface area contributed by atoms with Gasteiger partial charge >= 0.3 is 0 Å². The number of nitrogens with zero attached hydrogens (tertiary/aromatic N) is 3. The summed E-state index contributed by atoms with van der Waals surface area (Å²) < 4.78 is 4.04. The van der Waals surface area contributed by atoms with Crippen LogP contribution < -0.4 is 5.56 Å². The van der Waals surface area contributed by atoms with Gasteiger partial charge in [-0.25, -0.2) is 9.38 Å². The number of fused-ring (bicyclic) bond motifs is 3. The number of benzene rings is 1. The van der Waals surface area contributed by atoms with Crippen LogP contribution in [0.2, 0.25) is 0 Å². The third-order valence-electron chi connectivity index (χ3n) is 4.63. The average Bonchev–Trinajstić information content (AvgIpc) is 2.87. The molecule has 0 bridgehead atoms. The fourth-order valence-corrected chi connectivity index (χ4v) is 3.65. The van der Waals surface area contributed by atoms with Gasteiger partial charge in [0.25, 0.3) is 5.56 Å². The Morgan fingerprint density at radius 2 is 1.90 bits per heavy atom. The van der Waals surface area contributed by atoms with Gasteiger partial charge in [-0.3, -0.25) is 4.79 Å². The van der Waals surface area contributed by atoms with Gasteiger partial charge in [0.05, 0.1) is 11.0 Å². The zero-order valence-corrected chi connectivity index (χ0v) is 12.2. The summed E-state index contributed by atoms with van der Waals surface area (Å²) in [6.45, 7) is 2.02. The summed E-state index contributed by atoms with van der Waals surface area (Å²) in [5, 5.41) is 0. The molecule has 4 heteroatoms. The molecule has 4 nitrogen and oxygen atoms in total. The summed E-state index contributed by atoms with van der Waals surface area (Å²) in [7, 11) is 0. The van der Waals surface area contributed by atoms with Crippen molar-refractivity contribution in [3.63, 3.8) is 0 Å². The normalized spacial score (nSPS) is 16.8. The topological polar surface area (TPSA) is 39.3 Å². The van der Waals surface area contributed by atoms with Crippen LogP contribution in [0.1, 0.15) is 43.8 Å². The van der Waals surface area contributed by atoms with Gasteiger partial charge in [-0.15, -0.1) is 0 Å². The van der Waals surface area contributed by atoms with E-state index in [0.29, 0.717) is 6.04 Å². The first-order chi connectivity index (χ1) is 10.3. The minimum Gasteiger partial charge on any atom is -0.312 e. The van der Waals surface area contributed by atoms with Crippen LogP contribution in [0.5, 0.6) is 0 Å². The molecular weight excluding hydrogens is 262 g/mol. The Balaban J connectivity index is 2.07. The second-order valence-corrected chi connectivity index (χ2v) is 6.02. The fraction of sp³-hybridized carbons (Fsp3) is 0.412. The first-order valence-electron chi connectivity index (χ1n) is 7.75. The van der Waals surface area contributed by atoms with Gasteiger partial charge < -0.3 is 4.57 Å². The van der Waals surface area contributed by atoms with Crippen LogP contribution in [0.15, 0.2) is 35.1 Å². The van der Waals surface area contributed by atoms with Gasteiger partial charge in [0.15, 0.2) is 0 Å². The molecule has 1 aliphatic carbocycles. The lowest BCUT2D eigenvalue weighted by Gasteiger charge is -2.26. The number of rotatable bonds is 1. The molecule has 0 aliphatic heterocycles. The first kappa shape index (κ1) is 12.6. The Labute approximate surface area is 123 Å². The summed E-state index contributed by atoms with van der Waals surface area (Å²) in [6, 6.07) is 10.1. The van der Waals surface area contributed by atoms with E-state index in [1.165, 1.54) is 32.1 Å². The van der Waals surface area contributed by atoms with Crippen molar-refractivity contribution in [1.29, 1.82) is 0 Å². The highest BCUT2D eigenvalue weighted by atomic mass is 16.1. The lowest BCUT2D eigenvalue weighted by atomic mass is 9.95. The van der Waals surface area contributed by atoms with Crippen molar-refractivity contribution in [2.45, 2.75) is 45.1 Å². The Morgan fingerprint density at radius 1 is 1.14 bits per heavy atom. The molecule has 1 fully saturated rings. The molecule has 0 unspecified atom stereocenters. The second-order valence-electron chi connectivity index (χ2n) is 6.02. The first-order valence-corrected chi connectivity index (χ1v) is 7.75. The van der Waals surface area contributed by atoms with E-state index in [4.69, 9.17) is 4.98 Å². The molecule has 2 heterocycles. The second kappa shape index (κ2) is 4.72. The summed E-state index contributed by atoms with van der Waals surface area (Å²) in [5.74, 6) is 0.799. The minimum atomic E-state index is 0.0169. The molecule has 0 amide bonds. The van der Waals surface area contributed by atoms with E-state index in [1.54, 1.807) is 10.5 Å². The molecule has 1 aromatic carbocycles. The SMILES string of the molecule is Cc1cc(=O)n2c3ccccc3nc2n1C1CCCCC1. The molecule has 0 spiro atoms. The van der Waals surface area contributed by atoms with Gasteiger partial charge in [0, 0.05) is 17.8 Å². The molecule has 0 N–H and O–H groups in total. The summed E-state index contributed by atoms with van der Waals surface area (Å²) in [6.07, 6.45) is 6.22. The number of aromatic nitrogens is 3. The number of para-hydroxylation sites is 2. The lowest BCUT2D eigenvalue weighted by Crippen LogP contribution is -2.23. The highest BCUT2D eigenvalue weighted by molar-refractivity contribution is 5.79. The van der Waals surface area contributed by atoms with Crippen LogP contribution in [0.25, 0.3) is 16.8 Å². The molecule has 1 saturated carbocycles. The molecule has 3 aromatic rings. The monoisotopic (exact) mass is 281 g/mol. The van der Waals surface area contributed by atoms with Crippen molar-refractivity contribution < 1.29 is 0 Å². The van der Waals surface area contributed by atoms with E-state index >= 15 is 0 Å². The van der Waals surface area contributed by atoms with Crippen molar-refractivity contribution in [3.05, 3.63) is 46.4 Å². The Bertz CT molecular complexity index is 869. The maximum Gasteiger partial charge on any atom is 0.259 e. The lowest BCUT2D eigenvalue weighted by molar-refractivity contribution is 0.351. The van der Waals surface area contributed by atoms with Crippen LogP contribution in [-0.2, 0) is 0 Å².